The molecular formula is C21H23FO2. The van der Waals surface area contributed by atoms with Crippen LogP contribution in [0.4, 0.5) is 4.39 Å². The molecule has 0 aromatic heterocycles. The van der Waals surface area contributed by atoms with Crippen molar-refractivity contribution in [2.45, 2.75) is 32.1 Å². The number of allylic oxidation sites excluding steroid dienone is 1. The van der Waals surface area contributed by atoms with E-state index >= 15 is 0 Å². The van der Waals surface area contributed by atoms with Gasteiger partial charge in [0.15, 0.2) is 0 Å². The summed E-state index contributed by atoms with van der Waals surface area (Å²) in [5.41, 5.74) is 5.00. The molecule has 3 rings (SSSR count). The lowest BCUT2D eigenvalue weighted by Gasteiger charge is -2.20. The van der Waals surface area contributed by atoms with Gasteiger partial charge in [-0.15, -0.1) is 0 Å². The largest absolute Gasteiger partial charge is 0.508 e. The summed E-state index contributed by atoms with van der Waals surface area (Å²) in [4.78, 5) is 0. The quantitative estimate of drug-likeness (QED) is 0.785. The summed E-state index contributed by atoms with van der Waals surface area (Å²) < 4.78 is 17.6. The number of phenolic OH excluding ortho intramolecular Hbond substituents is 1. The van der Waals surface area contributed by atoms with Crippen molar-refractivity contribution in [3.05, 3.63) is 65.2 Å². The first-order valence-corrected chi connectivity index (χ1v) is 8.58. The SMILES string of the molecule is Oc1ccc(C(=C2CCCCC2)c2ccc(OCCF)cc2)cc1. The van der Waals surface area contributed by atoms with Crippen LogP contribution in [0.1, 0.15) is 43.2 Å². The third kappa shape index (κ3) is 3.97. The van der Waals surface area contributed by atoms with E-state index in [1.165, 1.54) is 30.4 Å². The summed E-state index contributed by atoms with van der Waals surface area (Å²) in [6.45, 7) is -0.393. The summed E-state index contributed by atoms with van der Waals surface area (Å²) in [7, 11) is 0. The molecule has 0 saturated heterocycles. The summed E-state index contributed by atoms with van der Waals surface area (Å²) in [6.07, 6.45) is 6.00. The maximum atomic E-state index is 12.2. The molecule has 2 nitrogen and oxygen atoms in total. The van der Waals surface area contributed by atoms with E-state index in [-0.39, 0.29) is 12.4 Å². The summed E-state index contributed by atoms with van der Waals surface area (Å²) >= 11 is 0. The van der Waals surface area contributed by atoms with Gasteiger partial charge < -0.3 is 9.84 Å². The maximum Gasteiger partial charge on any atom is 0.123 e. The zero-order valence-electron chi connectivity index (χ0n) is 13.8. The molecule has 1 fully saturated rings. The van der Waals surface area contributed by atoms with Crippen LogP contribution in [0.2, 0.25) is 0 Å². The third-order valence-corrected chi connectivity index (χ3v) is 4.46. The molecule has 3 heteroatoms. The molecule has 0 atom stereocenters. The molecule has 0 spiro atoms. The molecule has 0 aliphatic heterocycles. The molecule has 0 radical (unpaired) electrons. The van der Waals surface area contributed by atoms with Crippen molar-refractivity contribution in [1.82, 2.24) is 0 Å². The molecule has 0 heterocycles. The van der Waals surface area contributed by atoms with E-state index in [2.05, 4.69) is 0 Å². The Bertz CT molecular complexity index is 679. The van der Waals surface area contributed by atoms with Crippen molar-refractivity contribution in [2.75, 3.05) is 13.3 Å². The summed E-state index contributed by atoms with van der Waals surface area (Å²) in [6, 6.07) is 15.3. The standard InChI is InChI=1S/C21H23FO2/c22-14-15-24-20-12-8-18(9-13-20)21(16-4-2-1-3-5-16)17-6-10-19(23)11-7-17/h6-13,23H,1-5,14-15H2. The molecule has 1 aliphatic carbocycles. The highest BCUT2D eigenvalue weighted by Crippen LogP contribution is 2.36. The molecular weight excluding hydrogens is 303 g/mol. The molecule has 1 saturated carbocycles. The van der Waals surface area contributed by atoms with E-state index in [1.54, 1.807) is 12.1 Å². The van der Waals surface area contributed by atoms with Crippen LogP contribution in [0.5, 0.6) is 11.5 Å². The highest BCUT2D eigenvalue weighted by Gasteiger charge is 2.15. The number of hydrogen-bond donors (Lipinski definition) is 1. The third-order valence-electron chi connectivity index (χ3n) is 4.46. The van der Waals surface area contributed by atoms with Gasteiger partial charge in [0.2, 0.25) is 0 Å². The molecule has 1 aliphatic rings. The Hall–Kier alpha value is -2.29. The lowest BCUT2D eigenvalue weighted by molar-refractivity contribution is 0.273. The normalized spacial score (nSPS) is 14.5. The monoisotopic (exact) mass is 326 g/mol. The second-order valence-electron chi connectivity index (χ2n) is 6.15. The fraction of sp³-hybridized carbons (Fsp3) is 0.333. The first-order chi connectivity index (χ1) is 11.8. The molecule has 0 amide bonds. The van der Waals surface area contributed by atoms with Crippen LogP contribution < -0.4 is 4.74 Å². The minimum Gasteiger partial charge on any atom is -0.508 e. The second-order valence-corrected chi connectivity index (χ2v) is 6.15. The van der Waals surface area contributed by atoms with E-state index in [9.17, 15) is 9.50 Å². The van der Waals surface area contributed by atoms with Gasteiger partial charge in [0.05, 0.1) is 0 Å². The van der Waals surface area contributed by atoms with Crippen molar-refractivity contribution < 1.29 is 14.2 Å². The maximum absolute atomic E-state index is 12.2. The van der Waals surface area contributed by atoms with Gasteiger partial charge in [0.1, 0.15) is 24.8 Å². The number of benzene rings is 2. The predicted molar refractivity (Wildman–Crippen MR) is 95.1 cm³/mol. The second kappa shape index (κ2) is 8.00. The van der Waals surface area contributed by atoms with Gasteiger partial charge in [0.25, 0.3) is 0 Å². The van der Waals surface area contributed by atoms with Crippen molar-refractivity contribution in [2.24, 2.45) is 0 Å². The first-order valence-electron chi connectivity index (χ1n) is 8.58. The number of phenols is 1. The fourth-order valence-corrected chi connectivity index (χ4v) is 3.31. The molecule has 1 N–H and O–H groups in total. The lowest BCUT2D eigenvalue weighted by Crippen LogP contribution is -2.01. The Kier molecular flexibility index (Phi) is 5.52. The van der Waals surface area contributed by atoms with E-state index in [0.717, 1.165) is 24.0 Å². The summed E-state index contributed by atoms with van der Waals surface area (Å²) in [5, 5.41) is 9.57. The Morgan fingerprint density at radius 3 is 2.04 bits per heavy atom. The minimum atomic E-state index is -0.482. The van der Waals surface area contributed by atoms with Crippen LogP contribution in [-0.4, -0.2) is 18.4 Å². The average molecular weight is 326 g/mol. The van der Waals surface area contributed by atoms with Crippen LogP contribution in [-0.2, 0) is 0 Å². The van der Waals surface area contributed by atoms with Crippen LogP contribution in [0, 0.1) is 0 Å². The van der Waals surface area contributed by atoms with Crippen LogP contribution in [0.15, 0.2) is 54.1 Å². The van der Waals surface area contributed by atoms with E-state index in [1.807, 2.05) is 36.4 Å². The van der Waals surface area contributed by atoms with Crippen molar-refractivity contribution in [1.29, 1.82) is 0 Å². The fourth-order valence-electron chi connectivity index (χ4n) is 3.31. The van der Waals surface area contributed by atoms with E-state index < -0.39 is 6.67 Å². The molecule has 0 unspecified atom stereocenters. The predicted octanol–water partition coefficient (Wildman–Crippen LogP) is 5.51. The van der Waals surface area contributed by atoms with E-state index in [4.69, 9.17) is 4.74 Å². The smallest absolute Gasteiger partial charge is 0.123 e. The van der Waals surface area contributed by atoms with Crippen molar-refractivity contribution in [3.63, 3.8) is 0 Å². The van der Waals surface area contributed by atoms with Gasteiger partial charge >= 0.3 is 0 Å². The highest BCUT2D eigenvalue weighted by atomic mass is 19.1. The minimum absolute atomic E-state index is 0.0885. The first kappa shape index (κ1) is 16.6. The van der Waals surface area contributed by atoms with Gasteiger partial charge in [0, 0.05) is 0 Å². The van der Waals surface area contributed by atoms with Gasteiger partial charge in [-0.25, -0.2) is 4.39 Å². The van der Waals surface area contributed by atoms with Crippen molar-refractivity contribution >= 4 is 5.57 Å². The molecule has 24 heavy (non-hydrogen) atoms. The number of hydrogen-bond acceptors (Lipinski definition) is 2. The Labute approximate surface area is 142 Å². The van der Waals surface area contributed by atoms with Crippen molar-refractivity contribution in [3.8, 4) is 11.5 Å². The number of ether oxygens (including phenoxy) is 1. The molecule has 2 aromatic rings. The number of aromatic hydroxyl groups is 1. The lowest BCUT2D eigenvalue weighted by atomic mass is 9.85. The zero-order valence-corrected chi connectivity index (χ0v) is 13.8. The van der Waals surface area contributed by atoms with E-state index in [0.29, 0.717) is 5.75 Å². The van der Waals surface area contributed by atoms with Gasteiger partial charge in [-0.05, 0) is 66.6 Å². The van der Waals surface area contributed by atoms with Crippen LogP contribution >= 0.6 is 0 Å². The molecule has 0 bridgehead atoms. The summed E-state index contributed by atoms with van der Waals surface area (Å²) in [5.74, 6) is 0.969. The Morgan fingerprint density at radius 2 is 1.46 bits per heavy atom. The van der Waals surface area contributed by atoms with Gasteiger partial charge in [-0.2, -0.15) is 0 Å². The molecule has 126 valence electrons. The van der Waals surface area contributed by atoms with Crippen LogP contribution in [0.25, 0.3) is 5.57 Å². The van der Waals surface area contributed by atoms with Crippen LogP contribution in [0.3, 0.4) is 0 Å². The number of rotatable bonds is 5. The average Bonchev–Trinajstić information content (AvgIpc) is 2.64. The Morgan fingerprint density at radius 1 is 0.875 bits per heavy atom. The van der Waals surface area contributed by atoms with Gasteiger partial charge in [-0.3, -0.25) is 0 Å². The number of alkyl halides is 1. The Balaban J connectivity index is 1.96. The number of halogens is 1. The molecule has 2 aromatic carbocycles. The topological polar surface area (TPSA) is 29.5 Å². The highest BCUT2D eigenvalue weighted by molar-refractivity contribution is 5.82. The zero-order chi connectivity index (χ0) is 16.8. The van der Waals surface area contributed by atoms with Gasteiger partial charge in [-0.1, -0.05) is 36.3 Å².